The summed E-state index contributed by atoms with van der Waals surface area (Å²) in [6.07, 6.45) is 8.95. The zero-order valence-corrected chi connectivity index (χ0v) is 15.6. The number of fused-ring (bicyclic) bond motifs is 5. The van der Waals surface area contributed by atoms with E-state index in [0.717, 1.165) is 37.0 Å². The average molecular weight is 334 g/mol. The van der Waals surface area contributed by atoms with E-state index >= 15 is 0 Å². The van der Waals surface area contributed by atoms with Crippen LogP contribution >= 0.6 is 0 Å². The van der Waals surface area contributed by atoms with Gasteiger partial charge >= 0.3 is 0 Å². The van der Waals surface area contributed by atoms with Crippen molar-refractivity contribution in [2.75, 3.05) is 0 Å². The minimum atomic E-state index is -0.327. The highest BCUT2D eigenvalue weighted by Crippen LogP contribution is 2.67. The van der Waals surface area contributed by atoms with E-state index in [0.29, 0.717) is 17.6 Å². The van der Waals surface area contributed by atoms with Gasteiger partial charge < -0.3 is 10.8 Å². The lowest BCUT2D eigenvalue weighted by Crippen LogP contribution is -2.58. The van der Waals surface area contributed by atoms with Gasteiger partial charge in [0.2, 0.25) is 0 Å². The van der Waals surface area contributed by atoms with Crippen molar-refractivity contribution in [2.24, 2.45) is 46.2 Å². The number of ketones is 1. The lowest BCUT2D eigenvalue weighted by molar-refractivity contribution is -0.142. The van der Waals surface area contributed by atoms with Gasteiger partial charge in [0.15, 0.2) is 0 Å². The van der Waals surface area contributed by atoms with E-state index in [2.05, 4.69) is 13.8 Å². The third kappa shape index (κ3) is 2.19. The van der Waals surface area contributed by atoms with Gasteiger partial charge in [0.05, 0.1) is 6.10 Å². The van der Waals surface area contributed by atoms with E-state index in [9.17, 15) is 9.90 Å². The van der Waals surface area contributed by atoms with Crippen LogP contribution in [0.15, 0.2) is 0 Å². The molecule has 9 atom stereocenters. The maximum Gasteiger partial charge on any atom is 0.133 e. The second-order valence-electron chi connectivity index (χ2n) is 10.1. The SMILES string of the molecule is CC(=O)[C@H]1CC[C@H]2[C@@H]3CC[C@H]4C[C@@H](N)[C@@H](O)C[C@]4(C)[C@H]3CC[C@]12C. The fourth-order valence-electron chi connectivity index (χ4n) is 8.00. The summed E-state index contributed by atoms with van der Waals surface area (Å²) in [4.78, 5) is 12.2. The van der Waals surface area contributed by atoms with Crippen LogP contribution in [0.3, 0.4) is 0 Å². The first-order valence-electron chi connectivity index (χ1n) is 10.2. The Hall–Kier alpha value is -0.410. The molecule has 0 unspecified atom stereocenters. The highest BCUT2D eigenvalue weighted by atomic mass is 16.3. The Bertz CT molecular complexity index is 534. The first kappa shape index (κ1) is 17.0. The summed E-state index contributed by atoms with van der Waals surface area (Å²) in [7, 11) is 0. The summed E-state index contributed by atoms with van der Waals surface area (Å²) < 4.78 is 0. The molecule has 0 spiro atoms. The van der Waals surface area contributed by atoms with Gasteiger partial charge in [-0.15, -0.1) is 0 Å². The minimum Gasteiger partial charge on any atom is -0.391 e. The zero-order chi connectivity index (χ0) is 17.3. The quantitative estimate of drug-likeness (QED) is 0.771. The van der Waals surface area contributed by atoms with Crippen LogP contribution in [-0.4, -0.2) is 23.0 Å². The molecule has 4 saturated carbocycles. The normalized spacial score (nSPS) is 57.0. The molecule has 3 N–H and O–H groups in total. The Morgan fingerprint density at radius 1 is 1.04 bits per heavy atom. The van der Waals surface area contributed by atoms with Crippen LogP contribution in [-0.2, 0) is 4.79 Å². The molecule has 0 aromatic carbocycles. The highest BCUT2D eigenvalue weighted by molar-refractivity contribution is 5.79. The molecule has 3 nitrogen and oxygen atoms in total. The molecule has 4 aliphatic carbocycles. The van der Waals surface area contributed by atoms with Crippen LogP contribution in [0.25, 0.3) is 0 Å². The molecule has 0 bridgehead atoms. The number of aliphatic hydroxyl groups is 1. The Balaban J connectivity index is 1.62. The van der Waals surface area contributed by atoms with E-state index in [1.165, 1.54) is 32.1 Å². The minimum absolute atomic E-state index is 0.0259. The number of carbonyl (C=O) groups is 1. The molecule has 0 aliphatic heterocycles. The first-order valence-corrected chi connectivity index (χ1v) is 10.2. The van der Waals surface area contributed by atoms with Crippen LogP contribution in [0.4, 0.5) is 0 Å². The molecule has 0 aromatic heterocycles. The van der Waals surface area contributed by atoms with Crippen molar-refractivity contribution >= 4 is 5.78 Å². The molecule has 0 radical (unpaired) electrons. The fraction of sp³-hybridized carbons (Fsp3) is 0.952. The van der Waals surface area contributed by atoms with Gasteiger partial charge in [0.1, 0.15) is 5.78 Å². The Morgan fingerprint density at radius 3 is 2.46 bits per heavy atom. The Labute approximate surface area is 146 Å². The number of aliphatic hydroxyl groups excluding tert-OH is 1. The van der Waals surface area contributed by atoms with Crippen LogP contribution in [0.1, 0.15) is 72.1 Å². The maximum absolute atomic E-state index is 12.2. The standard InChI is InChI=1S/C21H35NO2/c1-12(23)15-6-7-16-14-5-4-13-10-18(22)19(24)11-21(13,3)17(14)8-9-20(15,16)2/h13-19,24H,4-11,22H2,1-3H3/t13-,14-,15+,16-,17-,18+,19-,20+,21-/m0/s1. The Morgan fingerprint density at radius 2 is 1.75 bits per heavy atom. The van der Waals surface area contributed by atoms with Gasteiger partial charge in [-0.3, -0.25) is 4.79 Å². The average Bonchev–Trinajstić information content (AvgIpc) is 2.86. The maximum atomic E-state index is 12.2. The molecule has 0 saturated heterocycles. The predicted octanol–water partition coefficient (Wildman–Crippen LogP) is 3.53. The third-order valence-electron chi connectivity index (χ3n) is 9.26. The number of hydrogen-bond donors (Lipinski definition) is 2. The molecule has 3 heteroatoms. The second kappa shape index (κ2) is 5.54. The van der Waals surface area contributed by atoms with E-state index in [1.807, 2.05) is 6.92 Å². The summed E-state index contributed by atoms with van der Waals surface area (Å²) in [5, 5.41) is 10.5. The second-order valence-corrected chi connectivity index (χ2v) is 10.1. The molecule has 136 valence electrons. The molecule has 0 amide bonds. The summed E-state index contributed by atoms with van der Waals surface area (Å²) >= 11 is 0. The lowest BCUT2D eigenvalue weighted by atomic mass is 9.44. The Kier molecular flexibility index (Phi) is 3.93. The van der Waals surface area contributed by atoms with Crippen LogP contribution < -0.4 is 5.73 Å². The van der Waals surface area contributed by atoms with E-state index < -0.39 is 0 Å². The molecule has 4 rings (SSSR count). The molecule has 0 aromatic rings. The highest BCUT2D eigenvalue weighted by Gasteiger charge is 2.61. The zero-order valence-electron chi connectivity index (χ0n) is 15.6. The van der Waals surface area contributed by atoms with Gasteiger partial charge in [-0.05, 0) is 92.8 Å². The van der Waals surface area contributed by atoms with Crippen molar-refractivity contribution in [3.63, 3.8) is 0 Å². The van der Waals surface area contributed by atoms with Crippen LogP contribution in [0.5, 0.6) is 0 Å². The third-order valence-corrected chi connectivity index (χ3v) is 9.26. The molecule has 24 heavy (non-hydrogen) atoms. The summed E-state index contributed by atoms with van der Waals surface area (Å²) in [5.74, 6) is 3.59. The van der Waals surface area contributed by atoms with Gasteiger partial charge in [0.25, 0.3) is 0 Å². The summed E-state index contributed by atoms with van der Waals surface area (Å²) in [6.45, 7) is 6.66. The van der Waals surface area contributed by atoms with E-state index in [-0.39, 0.29) is 23.0 Å². The van der Waals surface area contributed by atoms with Gasteiger partial charge in [0, 0.05) is 12.0 Å². The van der Waals surface area contributed by atoms with Crippen molar-refractivity contribution < 1.29 is 9.90 Å². The van der Waals surface area contributed by atoms with Crippen LogP contribution in [0, 0.1) is 40.4 Å². The van der Waals surface area contributed by atoms with Crippen molar-refractivity contribution in [3.05, 3.63) is 0 Å². The predicted molar refractivity (Wildman–Crippen MR) is 95.3 cm³/mol. The summed E-state index contributed by atoms with van der Waals surface area (Å²) in [5.41, 5.74) is 6.68. The van der Waals surface area contributed by atoms with Gasteiger partial charge in [-0.25, -0.2) is 0 Å². The largest absolute Gasteiger partial charge is 0.391 e. The molecule has 4 fully saturated rings. The number of carbonyl (C=O) groups excluding carboxylic acids is 1. The van der Waals surface area contributed by atoms with Crippen molar-refractivity contribution in [2.45, 2.75) is 84.3 Å². The van der Waals surface area contributed by atoms with Crippen LogP contribution in [0.2, 0.25) is 0 Å². The first-order chi connectivity index (χ1) is 11.3. The monoisotopic (exact) mass is 333 g/mol. The van der Waals surface area contributed by atoms with Gasteiger partial charge in [-0.1, -0.05) is 13.8 Å². The van der Waals surface area contributed by atoms with E-state index in [4.69, 9.17) is 5.73 Å². The van der Waals surface area contributed by atoms with Crippen molar-refractivity contribution in [3.8, 4) is 0 Å². The van der Waals surface area contributed by atoms with E-state index in [1.54, 1.807) is 0 Å². The van der Waals surface area contributed by atoms with Crippen molar-refractivity contribution in [1.82, 2.24) is 0 Å². The van der Waals surface area contributed by atoms with Gasteiger partial charge in [-0.2, -0.15) is 0 Å². The van der Waals surface area contributed by atoms with Crippen molar-refractivity contribution in [1.29, 1.82) is 0 Å². The smallest absolute Gasteiger partial charge is 0.133 e. The fourth-order valence-corrected chi connectivity index (χ4v) is 8.00. The number of rotatable bonds is 1. The molecular formula is C21H35NO2. The topological polar surface area (TPSA) is 63.3 Å². The number of nitrogens with two attached hydrogens (primary N) is 1. The number of hydrogen-bond acceptors (Lipinski definition) is 3. The summed E-state index contributed by atoms with van der Waals surface area (Å²) in [6, 6.07) is -0.0259. The molecule has 0 heterocycles. The lowest BCUT2D eigenvalue weighted by Gasteiger charge is -2.61. The molecular weight excluding hydrogens is 298 g/mol. The number of Topliss-reactive ketones (excluding diaryl/α,β-unsaturated/α-hetero) is 1. The molecule has 4 aliphatic rings.